The van der Waals surface area contributed by atoms with Crippen LogP contribution in [0.4, 0.5) is 0 Å². The minimum atomic E-state index is -0.637. The topological polar surface area (TPSA) is 96.0 Å². The molecule has 152 valence electrons. The summed E-state index contributed by atoms with van der Waals surface area (Å²) >= 11 is 0. The van der Waals surface area contributed by atoms with E-state index in [-0.39, 0.29) is 6.61 Å². The third-order valence-electron chi connectivity index (χ3n) is 4.35. The van der Waals surface area contributed by atoms with Crippen LogP contribution in [0.1, 0.15) is 17.1 Å². The Morgan fingerprint density at radius 1 is 0.633 bits per heavy atom. The van der Waals surface area contributed by atoms with Crippen LogP contribution < -0.4 is 0 Å². The van der Waals surface area contributed by atoms with Gasteiger partial charge in [0.1, 0.15) is 0 Å². The molecule has 0 radical (unpaired) electrons. The van der Waals surface area contributed by atoms with Gasteiger partial charge in [0.05, 0.1) is 48.7 Å². The molecule has 0 aromatic carbocycles. The van der Waals surface area contributed by atoms with E-state index in [0.29, 0.717) is 19.6 Å². The fourth-order valence-corrected chi connectivity index (χ4v) is 2.66. The molecule has 0 unspecified atom stereocenters. The van der Waals surface area contributed by atoms with Crippen LogP contribution in [0.3, 0.4) is 0 Å². The first-order valence-corrected chi connectivity index (χ1v) is 9.63. The van der Waals surface area contributed by atoms with Crippen LogP contribution in [0.25, 0.3) is 0 Å². The second-order valence-electron chi connectivity index (χ2n) is 6.83. The van der Waals surface area contributed by atoms with E-state index in [1.54, 1.807) is 37.2 Å². The van der Waals surface area contributed by atoms with Crippen LogP contribution in [0.5, 0.6) is 0 Å². The summed E-state index contributed by atoms with van der Waals surface area (Å²) in [5.74, 6) is 0. The molecule has 0 saturated carbocycles. The zero-order valence-corrected chi connectivity index (χ0v) is 16.6. The van der Waals surface area contributed by atoms with Gasteiger partial charge < -0.3 is 5.11 Å². The van der Waals surface area contributed by atoms with Crippen LogP contribution in [0, 0.1) is 5.41 Å². The van der Waals surface area contributed by atoms with E-state index < -0.39 is 5.41 Å². The Kier molecular flexibility index (Phi) is 8.05. The number of aliphatic hydroxyl groups excluding tert-OH is 1. The molecule has 0 aliphatic heterocycles. The molecule has 30 heavy (non-hydrogen) atoms. The Bertz CT molecular complexity index is 834. The molecule has 0 saturated heterocycles. The predicted octanol–water partition coefficient (Wildman–Crippen LogP) is 2.51. The number of hydrogen-bond donors (Lipinski definition) is 1. The van der Waals surface area contributed by atoms with Gasteiger partial charge in [-0.25, -0.2) is 0 Å². The molecule has 1 N–H and O–H groups in total. The van der Waals surface area contributed by atoms with Crippen molar-refractivity contribution in [1.82, 2.24) is 15.0 Å². The van der Waals surface area contributed by atoms with Crippen molar-refractivity contribution < 1.29 is 5.11 Å². The molecular weight excluding hydrogens is 376 g/mol. The maximum absolute atomic E-state index is 10.2. The Balaban J connectivity index is 1.73. The fraction of sp³-hybridized carbons (Fsp3) is 0.217. The summed E-state index contributed by atoms with van der Waals surface area (Å²) in [6.07, 6.45) is 10.3. The van der Waals surface area contributed by atoms with Crippen molar-refractivity contribution in [2.24, 2.45) is 20.4 Å². The molecule has 3 rings (SSSR count). The third-order valence-corrected chi connectivity index (χ3v) is 4.35. The maximum Gasteiger partial charge on any atom is 0.0807 e. The van der Waals surface area contributed by atoms with Crippen molar-refractivity contribution in [3.05, 3.63) is 90.3 Å². The third kappa shape index (κ3) is 6.79. The van der Waals surface area contributed by atoms with Crippen LogP contribution in [-0.2, 0) is 0 Å². The SMILES string of the molecule is OCC(CN=Cc1ccccn1)(CN=Cc1ccccn1)CN=Cc1ccccn1. The van der Waals surface area contributed by atoms with Gasteiger partial charge in [-0.1, -0.05) is 18.2 Å². The lowest BCUT2D eigenvalue weighted by atomic mass is 9.89. The van der Waals surface area contributed by atoms with Crippen molar-refractivity contribution in [3.8, 4) is 0 Å². The summed E-state index contributed by atoms with van der Waals surface area (Å²) in [5, 5.41) is 10.2. The molecular formula is C23H24N6O. The minimum Gasteiger partial charge on any atom is -0.396 e. The highest BCUT2D eigenvalue weighted by molar-refractivity contribution is 5.77. The highest BCUT2D eigenvalue weighted by atomic mass is 16.3. The van der Waals surface area contributed by atoms with Gasteiger partial charge in [-0.05, 0) is 36.4 Å². The molecule has 0 spiro atoms. The molecule has 0 bridgehead atoms. The van der Waals surface area contributed by atoms with E-state index in [1.165, 1.54) is 0 Å². The minimum absolute atomic E-state index is 0.105. The second kappa shape index (κ2) is 11.4. The van der Waals surface area contributed by atoms with Gasteiger partial charge in [0.25, 0.3) is 0 Å². The fourth-order valence-electron chi connectivity index (χ4n) is 2.66. The van der Waals surface area contributed by atoms with Crippen molar-refractivity contribution in [2.45, 2.75) is 0 Å². The van der Waals surface area contributed by atoms with Crippen molar-refractivity contribution >= 4 is 18.6 Å². The molecule has 3 heterocycles. The Morgan fingerprint density at radius 2 is 1.00 bits per heavy atom. The molecule has 3 aromatic rings. The lowest BCUT2D eigenvalue weighted by molar-refractivity contribution is 0.148. The van der Waals surface area contributed by atoms with Gasteiger partial charge in [0.15, 0.2) is 0 Å². The molecule has 7 nitrogen and oxygen atoms in total. The average Bonchev–Trinajstić information content (AvgIpc) is 2.81. The zero-order valence-electron chi connectivity index (χ0n) is 16.6. The lowest BCUT2D eigenvalue weighted by Gasteiger charge is -2.26. The van der Waals surface area contributed by atoms with E-state index in [9.17, 15) is 5.11 Å². The largest absolute Gasteiger partial charge is 0.396 e. The molecule has 0 fully saturated rings. The van der Waals surface area contributed by atoms with E-state index in [2.05, 4.69) is 29.9 Å². The van der Waals surface area contributed by atoms with Crippen LogP contribution >= 0.6 is 0 Å². The van der Waals surface area contributed by atoms with Gasteiger partial charge in [-0.2, -0.15) is 0 Å². The van der Waals surface area contributed by atoms with Crippen LogP contribution in [0.2, 0.25) is 0 Å². The lowest BCUT2D eigenvalue weighted by Crippen LogP contribution is -2.36. The van der Waals surface area contributed by atoms with Crippen LogP contribution in [0.15, 0.2) is 88.2 Å². The molecule has 7 heteroatoms. The highest BCUT2D eigenvalue weighted by Crippen LogP contribution is 2.19. The first kappa shape index (κ1) is 21.1. The van der Waals surface area contributed by atoms with Crippen molar-refractivity contribution in [2.75, 3.05) is 26.2 Å². The van der Waals surface area contributed by atoms with E-state index in [4.69, 9.17) is 0 Å². The number of aliphatic hydroxyl groups is 1. The number of rotatable bonds is 10. The van der Waals surface area contributed by atoms with Gasteiger partial charge in [0, 0.05) is 37.2 Å². The van der Waals surface area contributed by atoms with Gasteiger partial charge >= 0.3 is 0 Å². The Labute approximate surface area is 176 Å². The summed E-state index contributed by atoms with van der Waals surface area (Å²) in [5.41, 5.74) is 1.65. The van der Waals surface area contributed by atoms with Gasteiger partial charge in [-0.15, -0.1) is 0 Å². The quantitative estimate of drug-likeness (QED) is 0.529. The molecule has 0 amide bonds. The first-order valence-electron chi connectivity index (χ1n) is 9.63. The average molecular weight is 400 g/mol. The first-order chi connectivity index (χ1) is 14.8. The normalized spacial score (nSPS) is 13.9. The van der Waals surface area contributed by atoms with Crippen LogP contribution in [-0.4, -0.2) is 64.9 Å². The second-order valence-corrected chi connectivity index (χ2v) is 6.83. The number of aromatic nitrogens is 3. The summed E-state index contributed by atoms with van der Waals surface area (Å²) in [6.45, 7) is 0.975. The maximum atomic E-state index is 10.2. The van der Waals surface area contributed by atoms with E-state index in [1.807, 2.05) is 54.6 Å². The molecule has 0 aliphatic rings. The molecule has 3 aromatic heterocycles. The zero-order chi connectivity index (χ0) is 20.9. The predicted molar refractivity (Wildman–Crippen MR) is 120 cm³/mol. The standard InChI is InChI=1S/C23H24N6O/c30-19-23(16-24-13-20-7-1-4-10-27-20,17-25-14-21-8-2-5-11-28-21)18-26-15-22-9-3-6-12-29-22/h1-15,30H,16-19H2. The monoisotopic (exact) mass is 400 g/mol. The Morgan fingerprint density at radius 3 is 1.27 bits per heavy atom. The number of pyridine rings is 3. The number of nitrogens with zero attached hydrogens (tertiary/aromatic N) is 6. The number of hydrogen-bond acceptors (Lipinski definition) is 7. The summed E-state index contributed by atoms with van der Waals surface area (Å²) in [4.78, 5) is 26.2. The summed E-state index contributed by atoms with van der Waals surface area (Å²) < 4.78 is 0. The van der Waals surface area contributed by atoms with E-state index in [0.717, 1.165) is 17.1 Å². The number of aliphatic imine (C=N–C) groups is 3. The molecule has 0 aliphatic carbocycles. The van der Waals surface area contributed by atoms with Gasteiger partial charge in [-0.3, -0.25) is 29.9 Å². The van der Waals surface area contributed by atoms with Crippen molar-refractivity contribution in [1.29, 1.82) is 0 Å². The Hall–Kier alpha value is -3.58. The summed E-state index contributed by atoms with van der Waals surface area (Å²) in [7, 11) is 0. The van der Waals surface area contributed by atoms with E-state index >= 15 is 0 Å². The van der Waals surface area contributed by atoms with Gasteiger partial charge in [0.2, 0.25) is 0 Å². The molecule has 0 atom stereocenters. The smallest absolute Gasteiger partial charge is 0.0807 e. The summed E-state index contributed by atoms with van der Waals surface area (Å²) in [6, 6.07) is 16.9. The highest BCUT2D eigenvalue weighted by Gasteiger charge is 2.28. The van der Waals surface area contributed by atoms with Crippen molar-refractivity contribution in [3.63, 3.8) is 0 Å².